The number of amides is 5. The summed E-state index contributed by atoms with van der Waals surface area (Å²) in [6.45, 7) is 7.57. The van der Waals surface area contributed by atoms with Gasteiger partial charge in [0.15, 0.2) is 5.82 Å². The lowest BCUT2D eigenvalue weighted by Gasteiger charge is -2.35. The second-order valence-corrected chi connectivity index (χ2v) is 19.6. The molecule has 6 aliphatic rings. The molecule has 5 saturated heterocycles. The van der Waals surface area contributed by atoms with E-state index in [2.05, 4.69) is 48.6 Å². The third kappa shape index (κ3) is 8.95. The molecule has 4 N–H and O–H groups in total. The Morgan fingerprint density at radius 1 is 0.959 bits per heavy atom. The van der Waals surface area contributed by atoms with Crippen molar-refractivity contribution in [2.75, 3.05) is 69.4 Å². The van der Waals surface area contributed by atoms with Crippen LogP contribution in [0.3, 0.4) is 0 Å². The minimum atomic E-state index is -1.04. The molecule has 20 heteroatoms. The highest BCUT2D eigenvalue weighted by Crippen LogP contribution is 2.45. The normalized spacial score (nSPS) is 23.5. The van der Waals surface area contributed by atoms with E-state index in [-0.39, 0.29) is 97.9 Å². The molecule has 73 heavy (non-hydrogen) atoms. The second-order valence-electron chi connectivity index (χ2n) is 19.6. The Morgan fingerprint density at radius 3 is 2.58 bits per heavy atom. The Morgan fingerprint density at radius 2 is 1.77 bits per heavy atom. The van der Waals surface area contributed by atoms with Gasteiger partial charge in [0.05, 0.1) is 40.8 Å². The molecule has 6 aliphatic heterocycles. The van der Waals surface area contributed by atoms with Crippen molar-refractivity contribution in [1.82, 2.24) is 40.7 Å². The van der Waals surface area contributed by atoms with Crippen LogP contribution in [0.5, 0.6) is 6.01 Å². The van der Waals surface area contributed by atoms with Crippen molar-refractivity contribution in [2.24, 2.45) is 0 Å². The lowest BCUT2D eigenvalue weighted by atomic mass is 9.94. The number of rotatable bonds is 15. The first kappa shape index (κ1) is 47.7. The fourth-order valence-corrected chi connectivity index (χ4v) is 11.5. The maximum absolute atomic E-state index is 17.2. The number of nitrogens with one attached hydrogen (secondary N) is 4. The smallest absolute Gasteiger partial charge is 0.407 e. The number of anilines is 2. The summed E-state index contributed by atoms with van der Waals surface area (Å²) >= 11 is 0. The van der Waals surface area contributed by atoms with Crippen molar-refractivity contribution in [2.45, 2.75) is 74.7 Å². The number of carbonyl (C=O) groups is 5. The zero-order valence-corrected chi connectivity index (χ0v) is 39.8. The van der Waals surface area contributed by atoms with Crippen LogP contribution in [0.2, 0.25) is 0 Å². The van der Waals surface area contributed by atoms with E-state index in [1.54, 1.807) is 42.6 Å². The monoisotopic (exact) mass is 994 g/mol. The van der Waals surface area contributed by atoms with Gasteiger partial charge in [0.2, 0.25) is 11.8 Å². The number of aromatic nitrogens is 3. The van der Waals surface area contributed by atoms with Crippen LogP contribution >= 0.6 is 0 Å². The summed E-state index contributed by atoms with van der Waals surface area (Å²) in [6, 6.07) is 12.2. The molecule has 2 bridgehead atoms. The fourth-order valence-electron chi connectivity index (χ4n) is 11.5. The third-order valence-electron chi connectivity index (χ3n) is 14.9. The van der Waals surface area contributed by atoms with Gasteiger partial charge in [0.1, 0.15) is 42.1 Å². The van der Waals surface area contributed by atoms with Crippen molar-refractivity contribution in [3.63, 3.8) is 0 Å². The highest BCUT2D eigenvalue weighted by atomic mass is 19.1. The van der Waals surface area contributed by atoms with Crippen LogP contribution in [-0.4, -0.2) is 143 Å². The number of hydrogen-bond acceptors (Lipinski definition) is 15. The lowest BCUT2D eigenvalue weighted by molar-refractivity contribution is -0.136. The largest absolute Gasteiger partial charge is 0.461 e. The van der Waals surface area contributed by atoms with Crippen LogP contribution < -0.4 is 30.9 Å². The zero-order valence-electron chi connectivity index (χ0n) is 39.8. The lowest BCUT2D eigenvalue weighted by Crippen LogP contribution is -2.54. The molecule has 0 saturated carbocycles. The summed E-state index contributed by atoms with van der Waals surface area (Å²) < 4.78 is 50.1. The van der Waals surface area contributed by atoms with Crippen LogP contribution in [0.4, 0.5) is 25.1 Å². The van der Waals surface area contributed by atoms with Gasteiger partial charge in [0, 0.05) is 80.1 Å². The SMILES string of the molecule is C#Cc1c(F)ccc2cccc(-c3ncc4c(N5CC6CCC(C5)N6)nc(OC[C@@]56CC[C@@H](COC(=O)NCCOCCNc7ccc8c(c7)C(=O)N(C7CCC(=O)NC7=O)C8=O)N5CC(=C)C6)nc4c3F)c12. The van der Waals surface area contributed by atoms with Gasteiger partial charge in [-0.2, -0.15) is 9.97 Å². The Labute approximate surface area is 418 Å². The molecule has 8 heterocycles. The van der Waals surface area contributed by atoms with Crippen LogP contribution in [0.15, 0.2) is 66.9 Å². The van der Waals surface area contributed by atoms with Gasteiger partial charge in [-0.1, -0.05) is 42.3 Å². The number of ether oxygens (including phenoxy) is 3. The molecule has 376 valence electrons. The van der Waals surface area contributed by atoms with Crippen LogP contribution in [0, 0.1) is 24.0 Å². The van der Waals surface area contributed by atoms with Gasteiger partial charge in [-0.05, 0) is 68.2 Å². The summed E-state index contributed by atoms with van der Waals surface area (Å²) in [7, 11) is 0. The number of imide groups is 2. The number of hydrogen-bond donors (Lipinski definition) is 4. The maximum atomic E-state index is 17.2. The van der Waals surface area contributed by atoms with Crippen molar-refractivity contribution in [1.29, 1.82) is 0 Å². The van der Waals surface area contributed by atoms with Crippen molar-refractivity contribution >= 4 is 62.9 Å². The molecule has 11 rings (SSSR count). The Bertz CT molecular complexity index is 3170. The number of alkyl carbamates (subject to hydrolysis) is 1. The average molecular weight is 995 g/mol. The number of carbonyl (C=O) groups excluding carboxylic acids is 5. The number of fused-ring (bicyclic) bond motifs is 6. The van der Waals surface area contributed by atoms with E-state index >= 15 is 8.78 Å². The highest BCUT2D eigenvalue weighted by Gasteiger charge is 2.52. The van der Waals surface area contributed by atoms with E-state index < -0.39 is 52.9 Å². The number of piperazine rings is 1. The molecule has 5 aromatic rings. The number of piperidine rings is 1. The van der Waals surface area contributed by atoms with E-state index in [1.165, 1.54) is 12.1 Å². The molecule has 3 aromatic carbocycles. The first-order chi connectivity index (χ1) is 35.4. The molecule has 0 radical (unpaired) electrons. The fraction of sp³-hybridized carbons (Fsp3) is 0.396. The Hall–Kier alpha value is -7.60. The molecule has 0 spiro atoms. The number of halogens is 2. The van der Waals surface area contributed by atoms with Crippen molar-refractivity contribution < 1.29 is 47.0 Å². The van der Waals surface area contributed by atoms with Gasteiger partial charge < -0.3 is 35.1 Å². The molecular formula is C53H52F2N10O8. The maximum Gasteiger partial charge on any atom is 0.407 e. The Balaban J connectivity index is 0.699. The number of pyridine rings is 1. The quantitative estimate of drug-likeness (QED) is 0.0479. The molecule has 5 amide bonds. The molecule has 2 aromatic heterocycles. The summed E-state index contributed by atoms with van der Waals surface area (Å²) in [5.74, 6) is -0.597. The Kier molecular flexibility index (Phi) is 12.7. The van der Waals surface area contributed by atoms with E-state index in [9.17, 15) is 24.0 Å². The van der Waals surface area contributed by atoms with E-state index in [1.807, 2.05) is 0 Å². The highest BCUT2D eigenvalue weighted by molar-refractivity contribution is 6.23. The zero-order chi connectivity index (χ0) is 50.5. The van der Waals surface area contributed by atoms with Gasteiger partial charge in [-0.25, -0.2) is 13.6 Å². The van der Waals surface area contributed by atoms with Crippen molar-refractivity contribution in [3.05, 3.63) is 95.2 Å². The third-order valence-corrected chi connectivity index (χ3v) is 14.9. The predicted molar refractivity (Wildman–Crippen MR) is 264 cm³/mol. The van der Waals surface area contributed by atoms with Crippen LogP contribution in [0.25, 0.3) is 32.9 Å². The standard InChI is InChI=1S/C53H52F2N10O8/c1-3-35-40(54)12-7-30-5-4-6-37(43(30)35)45-44(55)46-39(23-58-45)47(63-25-32-8-9-33(26-63)59-32)62-51(61-46)73-28-53-16-15-34(64(53)24-29(2)22-53)27-72-52(70)57-18-20-71-19-17-56-31-10-11-36-38(21-31)50(69)65(49(36)68)41-13-14-42(66)60-48(41)67/h1,4-7,10-12,21,23,32-34,41,56,59H,2,8-9,13-20,22,24-28H2,(H,57,70)(H,60,66,67)/t32?,33?,34-,41?,53-/m0/s1. The topological polar surface area (TPSA) is 210 Å². The van der Waals surface area contributed by atoms with Crippen LogP contribution in [0.1, 0.15) is 71.2 Å². The molecule has 0 aliphatic carbocycles. The summed E-state index contributed by atoms with van der Waals surface area (Å²) in [5.41, 5.74) is 1.83. The molecule has 5 atom stereocenters. The second kappa shape index (κ2) is 19.4. The first-order valence-electron chi connectivity index (χ1n) is 24.6. The summed E-state index contributed by atoms with van der Waals surface area (Å²) in [4.78, 5) is 82.6. The van der Waals surface area contributed by atoms with E-state index in [4.69, 9.17) is 30.6 Å². The first-order valence-corrected chi connectivity index (χ1v) is 24.6. The minimum Gasteiger partial charge on any atom is -0.461 e. The van der Waals surface area contributed by atoms with Crippen LogP contribution in [-0.2, 0) is 19.1 Å². The molecule has 3 unspecified atom stereocenters. The van der Waals surface area contributed by atoms with Gasteiger partial charge in [-0.3, -0.25) is 39.3 Å². The van der Waals surface area contributed by atoms with E-state index in [0.717, 1.165) is 36.2 Å². The number of terminal acetylenes is 1. The van der Waals surface area contributed by atoms with Gasteiger partial charge >= 0.3 is 12.1 Å². The van der Waals surface area contributed by atoms with Gasteiger partial charge in [-0.15, -0.1) is 6.42 Å². The van der Waals surface area contributed by atoms with Crippen molar-refractivity contribution in [3.8, 4) is 29.6 Å². The van der Waals surface area contributed by atoms with Gasteiger partial charge in [0.25, 0.3) is 11.8 Å². The molecule has 18 nitrogen and oxygen atoms in total. The molecule has 5 fully saturated rings. The number of benzene rings is 3. The summed E-state index contributed by atoms with van der Waals surface area (Å²) in [6.07, 6.45) is 11.0. The predicted octanol–water partition coefficient (Wildman–Crippen LogP) is 4.84. The minimum absolute atomic E-state index is 0.0131. The summed E-state index contributed by atoms with van der Waals surface area (Å²) in [5, 5.41) is 13.2. The average Bonchev–Trinajstić information content (AvgIpc) is 4.08. The van der Waals surface area contributed by atoms with E-state index in [0.29, 0.717) is 65.8 Å². The molecular weight excluding hydrogens is 943 g/mol. The number of nitrogens with zero attached hydrogens (tertiary/aromatic N) is 6.